The van der Waals surface area contributed by atoms with Crippen molar-refractivity contribution < 1.29 is 9.53 Å². The Morgan fingerprint density at radius 3 is 2.96 bits per heavy atom. The summed E-state index contributed by atoms with van der Waals surface area (Å²) in [4.78, 5) is 12.3. The maximum Gasteiger partial charge on any atom is 0.224 e. The van der Waals surface area contributed by atoms with Gasteiger partial charge < -0.3 is 15.4 Å². The lowest BCUT2D eigenvalue weighted by Crippen LogP contribution is -2.34. The highest BCUT2D eigenvalue weighted by Crippen LogP contribution is 2.27. The van der Waals surface area contributed by atoms with Crippen molar-refractivity contribution >= 4 is 39.9 Å². The van der Waals surface area contributed by atoms with Gasteiger partial charge in [-0.1, -0.05) is 28.9 Å². The minimum absolute atomic E-state index is 0. The van der Waals surface area contributed by atoms with Gasteiger partial charge in [-0.25, -0.2) is 0 Å². The van der Waals surface area contributed by atoms with E-state index in [0.29, 0.717) is 24.9 Å². The average Bonchev–Trinajstić information content (AvgIpc) is 2.51. The molecule has 0 spiro atoms. The quantitative estimate of drug-likeness (QED) is 0.752. The molecule has 130 valence electrons. The monoisotopic (exact) mass is 404 g/mol. The normalized spacial score (nSPS) is 18.8. The van der Waals surface area contributed by atoms with E-state index < -0.39 is 0 Å². The van der Waals surface area contributed by atoms with Crippen LogP contribution in [0.25, 0.3) is 0 Å². The average molecular weight is 406 g/mol. The highest BCUT2D eigenvalue weighted by atomic mass is 79.9. The minimum Gasteiger partial charge on any atom is -0.380 e. The summed E-state index contributed by atoms with van der Waals surface area (Å²) in [5.41, 5.74) is 1.81. The fraction of sp³-hybridized carbons (Fsp3) is 0.588. The standard InChI is InChI=1S/C17H25BrN2O2.ClH/c1-12(13-5-4-8-19-10-13)9-17(21)20-16-7-3-6-15(18)14(16)11-22-2;/h3,6-7,12-13,19H,4-5,8-11H2,1-2H3,(H,20,21);1H. The van der Waals surface area contributed by atoms with Gasteiger partial charge in [0.25, 0.3) is 0 Å². The lowest BCUT2D eigenvalue weighted by molar-refractivity contribution is -0.117. The molecule has 6 heteroatoms. The van der Waals surface area contributed by atoms with E-state index in [-0.39, 0.29) is 18.3 Å². The molecule has 23 heavy (non-hydrogen) atoms. The molecule has 1 aliphatic heterocycles. The Morgan fingerprint density at radius 1 is 1.52 bits per heavy atom. The highest BCUT2D eigenvalue weighted by Gasteiger charge is 2.22. The van der Waals surface area contributed by atoms with Crippen LogP contribution in [-0.4, -0.2) is 26.1 Å². The smallest absolute Gasteiger partial charge is 0.224 e. The summed E-state index contributed by atoms with van der Waals surface area (Å²) in [6.45, 7) is 4.78. The molecule has 2 unspecified atom stereocenters. The SMILES string of the molecule is COCc1c(Br)cccc1NC(=O)CC(C)C1CCCNC1.Cl. The van der Waals surface area contributed by atoms with Gasteiger partial charge in [0.15, 0.2) is 0 Å². The molecular formula is C17H26BrClN2O2. The van der Waals surface area contributed by atoms with Crippen molar-refractivity contribution in [3.63, 3.8) is 0 Å². The third-order valence-electron chi connectivity index (χ3n) is 4.33. The van der Waals surface area contributed by atoms with Gasteiger partial charge in [0.05, 0.1) is 6.61 Å². The van der Waals surface area contributed by atoms with Gasteiger partial charge in [0, 0.05) is 29.3 Å². The third kappa shape index (κ3) is 6.07. The Morgan fingerprint density at radius 2 is 2.30 bits per heavy atom. The zero-order valence-electron chi connectivity index (χ0n) is 13.7. The van der Waals surface area contributed by atoms with Crippen molar-refractivity contribution in [2.24, 2.45) is 11.8 Å². The predicted molar refractivity (Wildman–Crippen MR) is 100 cm³/mol. The van der Waals surface area contributed by atoms with Gasteiger partial charge in [0.2, 0.25) is 5.91 Å². The number of halogens is 2. The van der Waals surface area contributed by atoms with E-state index in [1.54, 1.807) is 7.11 Å². The summed E-state index contributed by atoms with van der Waals surface area (Å²) in [5, 5.41) is 6.45. The summed E-state index contributed by atoms with van der Waals surface area (Å²) in [6.07, 6.45) is 2.98. The number of nitrogens with one attached hydrogen (secondary N) is 2. The van der Waals surface area contributed by atoms with E-state index in [1.165, 1.54) is 12.8 Å². The van der Waals surface area contributed by atoms with Crippen LogP contribution in [0.4, 0.5) is 5.69 Å². The van der Waals surface area contributed by atoms with Gasteiger partial charge >= 0.3 is 0 Å². The Kier molecular flexibility index (Phi) is 9.14. The van der Waals surface area contributed by atoms with Crippen LogP contribution in [0.15, 0.2) is 22.7 Å². The number of anilines is 1. The van der Waals surface area contributed by atoms with Crippen LogP contribution in [0.2, 0.25) is 0 Å². The molecule has 4 nitrogen and oxygen atoms in total. The second-order valence-corrected chi connectivity index (χ2v) is 6.89. The largest absolute Gasteiger partial charge is 0.380 e. The van der Waals surface area contributed by atoms with Crippen LogP contribution < -0.4 is 10.6 Å². The number of carbonyl (C=O) groups excluding carboxylic acids is 1. The summed E-state index contributed by atoms with van der Waals surface area (Å²) in [7, 11) is 1.66. The van der Waals surface area contributed by atoms with Crippen molar-refractivity contribution in [3.8, 4) is 0 Å². The Bertz CT molecular complexity index is 507. The summed E-state index contributed by atoms with van der Waals surface area (Å²) in [5.74, 6) is 1.07. The molecule has 1 fully saturated rings. The molecular weight excluding hydrogens is 380 g/mol. The van der Waals surface area contributed by atoms with E-state index in [2.05, 4.69) is 33.5 Å². The second kappa shape index (κ2) is 10.3. The van der Waals surface area contributed by atoms with Crippen molar-refractivity contribution in [1.29, 1.82) is 0 Å². The molecule has 1 heterocycles. The Labute approximate surface area is 153 Å². The summed E-state index contributed by atoms with van der Waals surface area (Å²) in [6, 6.07) is 5.80. The molecule has 2 atom stereocenters. The molecule has 1 aromatic rings. The van der Waals surface area contributed by atoms with Crippen molar-refractivity contribution in [1.82, 2.24) is 5.32 Å². The molecule has 0 saturated carbocycles. The molecule has 0 aliphatic carbocycles. The van der Waals surface area contributed by atoms with Gasteiger partial charge in [-0.05, 0) is 49.9 Å². The maximum atomic E-state index is 12.3. The van der Waals surface area contributed by atoms with Gasteiger partial charge in [-0.15, -0.1) is 12.4 Å². The molecule has 0 aromatic heterocycles. The topological polar surface area (TPSA) is 50.4 Å². The maximum absolute atomic E-state index is 12.3. The van der Waals surface area contributed by atoms with E-state index in [1.807, 2.05) is 18.2 Å². The zero-order valence-corrected chi connectivity index (χ0v) is 16.1. The fourth-order valence-corrected chi connectivity index (χ4v) is 3.47. The number of piperidine rings is 1. The Hall–Kier alpha value is -0.620. The van der Waals surface area contributed by atoms with E-state index in [9.17, 15) is 4.79 Å². The van der Waals surface area contributed by atoms with E-state index >= 15 is 0 Å². The first-order valence-electron chi connectivity index (χ1n) is 7.88. The second-order valence-electron chi connectivity index (χ2n) is 6.03. The van der Waals surface area contributed by atoms with Crippen LogP contribution in [0, 0.1) is 11.8 Å². The fourth-order valence-electron chi connectivity index (χ4n) is 2.99. The van der Waals surface area contributed by atoms with Crippen LogP contribution in [0.3, 0.4) is 0 Å². The molecule has 2 N–H and O–H groups in total. The Balaban J connectivity index is 0.00000264. The summed E-state index contributed by atoms with van der Waals surface area (Å²) >= 11 is 3.51. The molecule has 2 rings (SSSR count). The first kappa shape index (κ1) is 20.4. The van der Waals surface area contributed by atoms with E-state index in [4.69, 9.17) is 4.74 Å². The molecule has 0 bridgehead atoms. The first-order chi connectivity index (χ1) is 10.6. The zero-order chi connectivity index (χ0) is 15.9. The number of benzene rings is 1. The molecule has 1 aromatic carbocycles. The number of carbonyl (C=O) groups is 1. The number of methoxy groups -OCH3 is 1. The number of rotatable bonds is 6. The lowest BCUT2D eigenvalue weighted by Gasteiger charge is -2.28. The molecule has 1 amide bonds. The molecule has 0 radical (unpaired) electrons. The molecule has 1 aliphatic rings. The van der Waals surface area contributed by atoms with Gasteiger partial charge in [-0.2, -0.15) is 0 Å². The first-order valence-corrected chi connectivity index (χ1v) is 8.68. The van der Waals surface area contributed by atoms with Crippen LogP contribution in [0.5, 0.6) is 0 Å². The van der Waals surface area contributed by atoms with Crippen LogP contribution >= 0.6 is 28.3 Å². The van der Waals surface area contributed by atoms with Crippen molar-refractivity contribution in [3.05, 3.63) is 28.2 Å². The van der Waals surface area contributed by atoms with Gasteiger partial charge in [-0.3, -0.25) is 4.79 Å². The third-order valence-corrected chi connectivity index (χ3v) is 5.07. The number of amides is 1. The number of ether oxygens (including phenoxy) is 1. The van der Waals surface area contributed by atoms with Crippen LogP contribution in [0.1, 0.15) is 31.7 Å². The molecule has 1 saturated heterocycles. The predicted octanol–water partition coefficient (Wildman–Crippen LogP) is 3.98. The van der Waals surface area contributed by atoms with Gasteiger partial charge in [0.1, 0.15) is 0 Å². The van der Waals surface area contributed by atoms with Crippen LogP contribution in [-0.2, 0) is 16.1 Å². The number of hydrogen-bond acceptors (Lipinski definition) is 3. The lowest BCUT2D eigenvalue weighted by atomic mass is 9.85. The summed E-state index contributed by atoms with van der Waals surface area (Å²) < 4.78 is 6.17. The van der Waals surface area contributed by atoms with Crippen molar-refractivity contribution in [2.75, 3.05) is 25.5 Å². The van der Waals surface area contributed by atoms with Crippen molar-refractivity contribution in [2.45, 2.75) is 32.8 Å². The minimum atomic E-state index is 0. The highest BCUT2D eigenvalue weighted by molar-refractivity contribution is 9.10. The van der Waals surface area contributed by atoms with E-state index in [0.717, 1.165) is 28.8 Å². The number of hydrogen-bond donors (Lipinski definition) is 2.